The van der Waals surface area contributed by atoms with Crippen molar-refractivity contribution in [3.05, 3.63) is 11.6 Å². The highest BCUT2D eigenvalue weighted by atomic mass is 16.4. The summed E-state index contributed by atoms with van der Waals surface area (Å²) in [7, 11) is 0. The molecule has 5 heteroatoms. The summed E-state index contributed by atoms with van der Waals surface area (Å²) in [5.74, 6) is -1.59. The summed E-state index contributed by atoms with van der Waals surface area (Å²) < 4.78 is 0. The molecule has 2 unspecified atom stereocenters. The molecule has 0 aromatic heterocycles. The molecule has 0 heterocycles. The first-order chi connectivity index (χ1) is 8.14. The van der Waals surface area contributed by atoms with Gasteiger partial charge in [-0.05, 0) is 40.5 Å². The first kappa shape index (κ1) is 14.5. The topological polar surface area (TPSA) is 77.8 Å². The highest BCUT2D eigenvalue weighted by Crippen LogP contribution is 2.31. The van der Waals surface area contributed by atoms with E-state index in [4.69, 9.17) is 0 Å². The van der Waals surface area contributed by atoms with E-state index in [1.807, 2.05) is 6.92 Å². The number of rotatable bonds is 2. The van der Waals surface area contributed by atoms with Gasteiger partial charge >= 0.3 is 12.1 Å². The fraction of sp³-hybridized carbons (Fsp3) is 0.692. The molecule has 1 aliphatic carbocycles. The van der Waals surface area contributed by atoms with Crippen LogP contribution in [-0.2, 0) is 4.79 Å². The average Bonchev–Trinajstić information content (AvgIpc) is 2.13. The number of amides is 1. The molecular weight excluding hydrogens is 234 g/mol. The van der Waals surface area contributed by atoms with E-state index in [2.05, 4.69) is 0 Å². The van der Waals surface area contributed by atoms with Crippen molar-refractivity contribution < 1.29 is 19.8 Å². The lowest BCUT2D eigenvalue weighted by Crippen LogP contribution is -2.55. The Morgan fingerprint density at radius 1 is 1.33 bits per heavy atom. The van der Waals surface area contributed by atoms with E-state index in [1.165, 1.54) is 4.90 Å². The van der Waals surface area contributed by atoms with Gasteiger partial charge in [0.05, 0.1) is 12.0 Å². The molecule has 18 heavy (non-hydrogen) atoms. The van der Waals surface area contributed by atoms with Crippen molar-refractivity contribution in [2.24, 2.45) is 5.92 Å². The van der Waals surface area contributed by atoms with E-state index in [-0.39, 0.29) is 0 Å². The van der Waals surface area contributed by atoms with Crippen LogP contribution in [0.2, 0.25) is 0 Å². The van der Waals surface area contributed by atoms with Crippen LogP contribution in [0.4, 0.5) is 4.79 Å². The predicted octanol–water partition coefficient (Wildman–Crippen LogP) is 2.57. The van der Waals surface area contributed by atoms with Gasteiger partial charge in [-0.15, -0.1) is 0 Å². The zero-order chi connectivity index (χ0) is 14.1. The number of hydrogen-bond acceptors (Lipinski definition) is 2. The third-order valence-electron chi connectivity index (χ3n) is 3.26. The second-order valence-corrected chi connectivity index (χ2v) is 5.81. The highest BCUT2D eigenvalue weighted by molar-refractivity contribution is 5.74. The fourth-order valence-electron chi connectivity index (χ4n) is 2.43. The van der Waals surface area contributed by atoms with Gasteiger partial charge in [0.1, 0.15) is 0 Å². The van der Waals surface area contributed by atoms with Gasteiger partial charge < -0.3 is 10.2 Å². The minimum absolute atomic E-state index is 0.488. The van der Waals surface area contributed by atoms with Crippen LogP contribution >= 0.6 is 0 Å². The lowest BCUT2D eigenvalue weighted by molar-refractivity contribution is -0.144. The van der Waals surface area contributed by atoms with E-state index in [1.54, 1.807) is 26.8 Å². The van der Waals surface area contributed by atoms with Crippen LogP contribution in [-0.4, -0.2) is 38.8 Å². The average molecular weight is 255 g/mol. The summed E-state index contributed by atoms with van der Waals surface area (Å²) in [4.78, 5) is 23.9. The van der Waals surface area contributed by atoms with Crippen LogP contribution in [0.15, 0.2) is 11.6 Å². The number of allylic oxidation sites excluding steroid dienone is 1. The zero-order valence-corrected chi connectivity index (χ0v) is 11.3. The Bertz CT molecular complexity index is 381. The van der Waals surface area contributed by atoms with Gasteiger partial charge in [-0.2, -0.15) is 0 Å². The Morgan fingerprint density at radius 3 is 2.28 bits per heavy atom. The molecule has 0 aromatic rings. The molecule has 0 radical (unpaired) electrons. The summed E-state index contributed by atoms with van der Waals surface area (Å²) in [6, 6.07) is -0.589. The first-order valence-electron chi connectivity index (χ1n) is 6.07. The molecule has 2 atom stereocenters. The molecule has 0 spiro atoms. The molecule has 0 fully saturated rings. The Kier molecular flexibility index (Phi) is 4.04. The van der Waals surface area contributed by atoms with Crippen molar-refractivity contribution in [2.75, 3.05) is 0 Å². The second-order valence-electron chi connectivity index (χ2n) is 5.81. The minimum Gasteiger partial charge on any atom is -0.481 e. The van der Waals surface area contributed by atoms with Crippen molar-refractivity contribution in [3.63, 3.8) is 0 Å². The van der Waals surface area contributed by atoms with Gasteiger partial charge in [0.2, 0.25) is 0 Å². The van der Waals surface area contributed by atoms with Crippen molar-refractivity contribution in [1.29, 1.82) is 0 Å². The monoisotopic (exact) mass is 255 g/mol. The van der Waals surface area contributed by atoms with Gasteiger partial charge in [0.25, 0.3) is 0 Å². The van der Waals surface area contributed by atoms with Gasteiger partial charge in [-0.1, -0.05) is 11.6 Å². The maximum absolute atomic E-state index is 11.4. The van der Waals surface area contributed by atoms with Crippen molar-refractivity contribution in [1.82, 2.24) is 4.90 Å². The minimum atomic E-state index is -1.08. The Morgan fingerprint density at radius 2 is 1.89 bits per heavy atom. The number of nitrogens with zero attached hydrogens (tertiary/aromatic N) is 1. The predicted molar refractivity (Wildman–Crippen MR) is 67.5 cm³/mol. The maximum atomic E-state index is 11.4. The smallest absolute Gasteiger partial charge is 0.408 e. The summed E-state index contributed by atoms with van der Waals surface area (Å²) in [5, 5.41) is 18.6. The van der Waals surface area contributed by atoms with E-state index < -0.39 is 29.6 Å². The standard InChI is InChI=1S/C13H21NO4/c1-8-5-6-9(11(15)16)10(7-8)14(12(17)18)13(2,3)4/h7,9-10H,5-6H2,1-4H3,(H,15,16)(H,17,18). The Balaban J connectivity index is 3.17. The quantitative estimate of drug-likeness (QED) is 0.743. The highest BCUT2D eigenvalue weighted by Gasteiger charge is 2.40. The van der Waals surface area contributed by atoms with Gasteiger partial charge in [-0.25, -0.2) is 4.79 Å². The lowest BCUT2D eigenvalue weighted by atomic mass is 9.83. The second kappa shape index (κ2) is 5.00. The summed E-state index contributed by atoms with van der Waals surface area (Å²) in [6.45, 7) is 7.24. The molecule has 0 saturated carbocycles. The number of hydrogen-bond donors (Lipinski definition) is 2. The SMILES string of the molecule is CC1=CC(N(C(=O)O)C(C)(C)C)C(C(=O)O)CC1. The van der Waals surface area contributed by atoms with E-state index in [0.29, 0.717) is 12.8 Å². The molecule has 1 amide bonds. The number of carboxylic acid groups (broad SMARTS) is 2. The Hall–Kier alpha value is -1.52. The van der Waals surface area contributed by atoms with Gasteiger partial charge in [0, 0.05) is 5.54 Å². The van der Waals surface area contributed by atoms with Gasteiger partial charge in [-0.3, -0.25) is 9.69 Å². The molecule has 1 aliphatic rings. The fourth-order valence-corrected chi connectivity index (χ4v) is 2.43. The van der Waals surface area contributed by atoms with E-state index >= 15 is 0 Å². The van der Waals surface area contributed by atoms with E-state index in [0.717, 1.165) is 5.57 Å². The maximum Gasteiger partial charge on any atom is 0.408 e. The molecule has 0 saturated heterocycles. The molecule has 0 aromatic carbocycles. The van der Waals surface area contributed by atoms with Gasteiger partial charge in [0.15, 0.2) is 0 Å². The summed E-state index contributed by atoms with van der Waals surface area (Å²) >= 11 is 0. The van der Waals surface area contributed by atoms with Crippen LogP contribution in [0.25, 0.3) is 0 Å². The third-order valence-corrected chi connectivity index (χ3v) is 3.26. The van der Waals surface area contributed by atoms with Crippen LogP contribution in [0.3, 0.4) is 0 Å². The molecule has 5 nitrogen and oxygen atoms in total. The largest absolute Gasteiger partial charge is 0.481 e. The summed E-state index contributed by atoms with van der Waals surface area (Å²) in [5.41, 5.74) is 0.422. The van der Waals surface area contributed by atoms with Crippen LogP contribution < -0.4 is 0 Å². The first-order valence-corrected chi connectivity index (χ1v) is 6.07. The number of carboxylic acids is 1. The molecule has 0 aliphatic heterocycles. The number of aliphatic carboxylic acids is 1. The molecule has 2 N–H and O–H groups in total. The van der Waals surface area contributed by atoms with Crippen molar-refractivity contribution in [3.8, 4) is 0 Å². The molecule has 1 rings (SSSR count). The van der Waals surface area contributed by atoms with Crippen LogP contribution in [0, 0.1) is 5.92 Å². The normalized spacial score (nSPS) is 24.3. The molecular formula is C13H21NO4. The van der Waals surface area contributed by atoms with Crippen molar-refractivity contribution >= 4 is 12.1 Å². The number of carbonyl (C=O) groups is 2. The van der Waals surface area contributed by atoms with Crippen molar-refractivity contribution in [2.45, 2.75) is 52.1 Å². The zero-order valence-electron chi connectivity index (χ0n) is 11.3. The van der Waals surface area contributed by atoms with Crippen LogP contribution in [0.1, 0.15) is 40.5 Å². The molecule has 102 valence electrons. The summed E-state index contributed by atoms with van der Waals surface area (Å²) in [6.07, 6.45) is 1.90. The van der Waals surface area contributed by atoms with E-state index in [9.17, 15) is 19.8 Å². The molecule has 0 bridgehead atoms. The third kappa shape index (κ3) is 3.03. The van der Waals surface area contributed by atoms with Crippen LogP contribution in [0.5, 0.6) is 0 Å². The Labute approximate surface area is 107 Å². The lowest BCUT2D eigenvalue weighted by Gasteiger charge is -2.42.